The molecule has 6 heteroatoms. The molecule has 0 spiro atoms. The van der Waals surface area contributed by atoms with Gasteiger partial charge in [-0.1, -0.05) is 13.0 Å². The highest BCUT2D eigenvalue weighted by Crippen LogP contribution is 2.28. The molecule has 1 aromatic rings. The molecule has 0 radical (unpaired) electrons. The number of hydrogen-bond donors (Lipinski definition) is 1. The Morgan fingerprint density at radius 3 is 2.22 bits per heavy atom. The van der Waals surface area contributed by atoms with Gasteiger partial charge in [-0.15, -0.1) is 0 Å². The summed E-state index contributed by atoms with van der Waals surface area (Å²) in [5, 5.41) is 3.03. The van der Waals surface area contributed by atoms with E-state index in [0.29, 0.717) is 36.6 Å². The van der Waals surface area contributed by atoms with Crippen LogP contribution >= 0.6 is 0 Å². The molecular weight excluding hydrogens is 296 g/mol. The third kappa shape index (κ3) is 3.94. The summed E-state index contributed by atoms with van der Waals surface area (Å²) in [4.78, 5) is 26.1. The molecule has 1 aromatic carbocycles. The van der Waals surface area contributed by atoms with Crippen molar-refractivity contribution in [1.82, 2.24) is 10.2 Å². The van der Waals surface area contributed by atoms with E-state index in [9.17, 15) is 9.59 Å². The monoisotopic (exact) mass is 320 g/mol. The van der Waals surface area contributed by atoms with E-state index in [2.05, 4.69) is 5.32 Å². The number of carbonyl (C=O) groups is 2. The van der Waals surface area contributed by atoms with E-state index < -0.39 is 0 Å². The van der Waals surface area contributed by atoms with Crippen LogP contribution in [0.2, 0.25) is 0 Å². The van der Waals surface area contributed by atoms with Crippen molar-refractivity contribution in [2.45, 2.75) is 32.2 Å². The molecule has 126 valence electrons. The molecule has 0 bridgehead atoms. The number of nitrogens with one attached hydrogen (secondary N) is 1. The van der Waals surface area contributed by atoms with E-state index in [-0.39, 0.29) is 17.9 Å². The van der Waals surface area contributed by atoms with Crippen LogP contribution < -0.4 is 14.8 Å². The Hall–Kier alpha value is -2.24. The van der Waals surface area contributed by atoms with Gasteiger partial charge in [0.05, 0.1) is 14.2 Å². The van der Waals surface area contributed by atoms with Crippen LogP contribution in [0, 0.1) is 0 Å². The SMILES string of the molecule is CCC(=O)N1CCC(NC(=O)c2c(OC)cccc2OC)CC1. The fraction of sp³-hybridized carbons (Fsp3) is 0.529. The molecule has 0 aliphatic carbocycles. The molecule has 23 heavy (non-hydrogen) atoms. The number of nitrogens with zero attached hydrogens (tertiary/aromatic N) is 1. The number of ether oxygens (including phenoxy) is 2. The van der Waals surface area contributed by atoms with Gasteiger partial charge in [0.15, 0.2) is 0 Å². The smallest absolute Gasteiger partial charge is 0.259 e. The average molecular weight is 320 g/mol. The fourth-order valence-corrected chi connectivity index (χ4v) is 2.83. The van der Waals surface area contributed by atoms with Crippen LogP contribution in [0.25, 0.3) is 0 Å². The second kappa shape index (κ2) is 7.85. The average Bonchev–Trinajstić information content (AvgIpc) is 2.60. The zero-order valence-electron chi connectivity index (χ0n) is 13.9. The second-order valence-corrected chi connectivity index (χ2v) is 5.52. The standard InChI is InChI=1S/C17H24N2O4/c1-4-15(20)19-10-8-12(9-11-19)18-17(21)16-13(22-2)6-5-7-14(16)23-3/h5-7,12H,4,8-11H2,1-3H3,(H,18,21). The summed E-state index contributed by atoms with van der Waals surface area (Å²) >= 11 is 0. The molecule has 1 saturated heterocycles. The van der Waals surface area contributed by atoms with Crippen molar-refractivity contribution in [3.05, 3.63) is 23.8 Å². The number of hydrogen-bond acceptors (Lipinski definition) is 4. The maximum atomic E-state index is 12.6. The number of rotatable bonds is 5. The van der Waals surface area contributed by atoms with Crippen molar-refractivity contribution in [1.29, 1.82) is 0 Å². The lowest BCUT2D eigenvalue weighted by molar-refractivity contribution is -0.131. The first kappa shape index (κ1) is 17.1. The molecule has 1 fully saturated rings. The maximum Gasteiger partial charge on any atom is 0.259 e. The van der Waals surface area contributed by atoms with Crippen molar-refractivity contribution < 1.29 is 19.1 Å². The minimum atomic E-state index is -0.209. The Labute approximate surface area is 136 Å². The Morgan fingerprint density at radius 2 is 1.74 bits per heavy atom. The van der Waals surface area contributed by atoms with Gasteiger partial charge in [0.25, 0.3) is 5.91 Å². The minimum absolute atomic E-state index is 0.0537. The Morgan fingerprint density at radius 1 is 1.17 bits per heavy atom. The maximum absolute atomic E-state index is 12.6. The molecule has 2 rings (SSSR count). The van der Waals surface area contributed by atoms with E-state index in [1.54, 1.807) is 18.2 Å². The number of likely N-dealkylation sites (tertiary alicyclic amines) is 1. The Kier molecular flexibility index (Phi) is 5.84. The molecule has 2 amide bonds. The van der Waals surface area contributed by atoms with Crippen molar-refractivity contribution in [2.75, 3.05) is 27.3 Å². The van der Waals surface area contributed by atoms with Crippen LogP contribution in [0.15, 0.2) is 18.2 Å². The Balaban J connectivity index is 2.02. The largest absolute Gasteiger partial charge is 0.496 e. The van der Waals surface area contributed by atoms with Crippen LogP contribution in [0.1, 0.15) is 36.5 Å². The molecule has 1 N–H and O–H groups in total. The molecular formula is C17H24N2O4. The fourth-order valence-electron chi connectivity index (χ4n) is 2.83. The molecule has 0 aromatic heterocycles. The van der Waals surface area contributed by atoms with Crippen molar-refractivity contribution in [3.63, 3.8) is 0 Å². The molecule has 1 aliphatic heterocycles. The third-order valence-electron chi connectivity index (χ3n) is 4.14. The van der Waals surface area contributed by atoms with Gasteiger partial charge in [0, 0.05) is 25.6 Å². The first-order chi connectivity index (χ1) is 11.1. The van der Waals surface area contributed by atoms with Crippen molar-refractivity contribution >= 4 is 11.8 Å². The summed E-state index contributed by atoms with van der Waals surface area (Å²) in [5.41, 5.74) is 0.407. The second-order valence-electron chi connectivity index (χ2n) is 5.52. The molecule has 6 nitrogen and oxygen atoms in total. The summed E-state index contributed by atoms with van der Waals surface area (Å²) in [5.74, 6) is 0.932. The molecule has 0 saturated carbocycles. The quantitative estimate of drug-likeness (QED) is 0.899. The van der Waals surface area contributed by atoms with Crippen LogP contribution in [0.4, 0.5) is 0 Å². The minimum Gasteiger partial charge on any atom is -0.496 e. The van der Waals surface area contributed by atoms with Crippen LogP contribution in [-0.2, 0) is 4.79 Å². The first-order valence-corrected chi connectivity index (χ1v) is 7.90. The summed E-state index contributed by atoms with van der Waals surface area (Å²) < 4.78 is 10.5. The van der Waals surface area contributed by atoms with Crippen LogP contribution in [-0.4, -0.2) is 50.1 Å². The summed E-state index contributed by atoms with van der Waals surface area (Å²) in [6.45, 7) is 3.23. The highest BCUT2D eigenvalue weighted by Gasteiger charge is 2.25. The highest BCUT2D eigenvalue weighted by atomic mass is 16.5. The molecule has 1 heterocycles. The predicted molar refractivity (Wildman–Crippen MR) is 86.9 cm³/mol. The van der Waals surface area contributed by atoms with Crippen molar-refractivity contribution in [2.24, 2.45) is 0 Å². The summed E-state index contributed by atoms with van der Waals surface area (Å²) in [6, 6.07) is 5.31. The number of benzene rings is 1. The van der Waals surface area contributed by atoms with Crippen LogP contribution in [0.3, 0.4) is 0 Å². The molecule has 1 aliphatic rings. The van der Waals surface area contributed by atoms with E-state index in [1.165, 1.54) is 14.2 Å². The van der Waals surface area contributed by atoms with Gasteiger partial charge in [-0.3, -0.25) is 9.59 Å². The topological polar surface area (TPSA) is 67.9 Å². The highest BCUT2D eigenvalue weighted by molar-refractivity contribution is 5.99. The van der Waals surface area contributed by atoms with E-state index in [4.69, 9.17) is 9.47 Å². The number of amides is 2. The normalized spacial score (nSPS) is 15.2. The third-order valence-corrected chi connectivity index (χ3v) is 4.14. The summed E-state index contributed by atoms with van der Waals surface area (Å²) in [7, 11) is 3.06. The van der Waals surface area contributed by atoms with E-state index in [0.717, 1.165) is 12.8 Å². The Bertz CT molecular complexity index is 543. The number of carbonyl (C=O) groups excluding carboxylic acids is 2. The molecule has 0 atom stereocenters. The first-order valence-electron chi connectivity index (χ1n) is 7.90. The van der Waals surface area contributed by atoms with Gasteiger partial charge in [0.2, 0.25) is 5.91 Å². The van der Waals surface area contributed by atoms with Crippen LogP contribution in [0.5, 0.6) is 11.5 Å². The van der Waals surface area contributed by atoms with Gasteiger partial charge in [-0.2, -0.15) is 0 Å². The lowest BCUT2D eigenvalue weighted by atomic mass is 10.0. The zero-order chi connectivity index (χ0) is 16.8. The van der Waals surface area contributed by atoms with Gasteiger partial charge >= 0.3 is 0 Å². The number of methoxy groups -OCH3 is 2. The van der Waals surface area contributed by atoms with Gasteiger partial charge in [0.1, 0.15) is 17.1 Å². The predicted octanol–water partition coefficient (Wildman–Crippen LogP) is 1.83. The summed E-state index contributed by atoms with van der Waals surface area (Å²) in [6.07, 6.45) is 2.04. The van der Waals surface area contributed by atoms with Gasteiger partial charge in [-0.05, 0) is 25.0 Å². The van der Waals surface area contributed by atoms with Crippen molar-refractivity contribution in [3.8, 4) is 11.5 Å². The van der Waals surface area contributed by atoms with E-state index in [1.807, 2.05) is 11.8 Å². The van der Waals surface area contributed by atoms with Gasteiger partial charge in [-0.25, -0.2) is 0 Å². The lowest BCUT2D eigenvalue weighted by Crippen LogP contribution is -2.46. The molecule has 0 unspecified atom stereocenters. The zero-order valence-corrected chi connectivity index (χ0v) is 13.9. The lowest BCUT2D eigenvalue weighted by Gasteiger charge is -2.32. The number of piperidine rings is 1. The van der Waals surface area contributed by atoms with Gasteiger partial charge < -0.3 is 19.7 Å². The van der Waals surface area contributed by atoms with E-state index >= 15 is 0 Å².